The molecule has 1 aliphatic rings. The Kier molecular flexibility index (Phi) is 4.85. The molecule has 2 rings (SSSR count). The van der Waals surface area contributed by atoms with E-state index in [1.165, 1.54) is 0 Å². The molecule has 1 amide bonds. The summed E-state index contributed by atoms with van der Waals surface area (Å²) in [4.78, 5) is 22.7. The van der Waals surface area contributed by atoms with Crippen LogP contribution < -0.4 is 5.32 Å². The molecular formula is C14H17NO3S. The fraction of sp³-hybridized carbons (Fsp3) is 0.429. The third kappa shape index (κ3) is 3.99. The molecule has 4 nitrogen and oxygen atoms in total. The first kappa shape index (κ1) is 13.9. The number of hydrogen-bond acceptors (Lipinski definition) is 3. The van der Waals surface area contributed by atoms with Crippen molar-refractivity contribution < 1.29 is 14.7 Å². The Hall–Kier alpha value is -1.49. The van der Waals surface area contributed by atoms with Gasteiger partial charge in [0.05, 0.1) is 5.25 Å². The molecule has 1 fully saturated rings. The summed E-state index contributed by atoms with van der Waals surface area (Å²) in [5, 5.41) is 11.7. The topological polar surface area (TPSA) is 66.4 Å². The van der Waals surface area contributed by atoms with Crippen molar-refractivity contribution in [2.45, 2.75) is 30.9 Å². The molecule has 1 aromatic carbocycles. The zero-order valence-corrected chi connectivity index (χ0v) is 11.4. The molecule has 0 aliphatic carbocycles. The minimum Gasteiger partial charge on any atom is -0.481 e. The Morgan fingerprint density at radius 2 is 2.16 bits per heavy atom. The van der Waals surface area contributed by atoms with E-state index in [4.69, 9.17) is 5.11 Å². The SMILES string of the molecule is O=C(O)CCc1ccccc1NC(=O)C1CCCS1. The summed E-state index contributed by atoms with van der Waals surface area (Å²) < 4.78 is 0. The number of amides is 1. The van der Waals surface area contributed by atoms with Gasteiger partial charge in [-0.25, -0.2) is 0 Å². The number of para-hydroxylation sites is 1. The number of carbonyl (C=O) groups excluding carboxylic acids is 1. The first-order valence-electron chi connectivity index (χ1n) is 6.39. The molecule has 0 aromatic heterocycles. The second kappa shape index (κ2) is 6.61. The lowest BCUT2D eigenvalue weighted by atomic mass is 10.1. The van der Waals surface area contributed by atoms with Gasteiger partial charge in [0.25, 0.3) is 0 Å². The molecule has 0 saturated carbocycles. The number of anilines is 1. The zero-order valence-electron chi connectivity index (χ0n) is 10.6. The molecule has 0 spiro atoms. The minimum absolute atomic E-state index is 0.0327. The minimum atomic E-state index is -0.826. The molecule has 1 unspecified atom stereocenters. The lowest BCUT2D eigenvalue weighted by Crippen LogP contribution is -2.23. The fourth-order valence-electron chi connectivity index (χ4n) is 2.10. The number of nitrogens with one attached hydrogen (secondary N) is 1. The van der Waals surface area contributed by atoms with Crippen LogP contribution in [0.5, 0.6) is 0 Å². The molecule has 2 N–H and O–H groups in total. The van der Waals surface area contributed by atoms with Crippen LogP contribution in [0.15, 0.2) is 24.3 Å². The number of aryl methyl sites for hydroxylation is 1. The van der Waals surface area contributed by atoms with Crippen molar-refractivity contribution in [3.8, 4) is 0 Å². The van der Waals surface area contributed by atoms with Crippen LogP contribution in [0.2, 0.25) is 0 Å². The van der Waals surface area contributed by atoms with Crippen LogP contribution in [-0.2, 0) is 16.0 Å². The third-order valence-corrected chi connectivity index (χ3v) is 4.48. The van der Waals surface area contributed by atoms with Gasteiger partial charge in [0.2, 0.25) is 5.91 Å². The van der Waals surface area contributed by atoms with Crippen molar-refractivity contribution in [1.29, 1.82) is 0 Å². The van der Waals surface area contributed by atoms with Crippen LogP contribution in [0, 0.1) is 0 Å². The Labute approximate surface area is 116 Å². The summed E-state index contributed by atoms with van der Waals surface area (Å²) in [6.07, 6.45) is 2.52. The maximum absolute atomic E-state index is 12.1. The number of carbonyl (C=O) groups is 2. The second-order valence-corrected chi connectivity index (χ2v) is 5.85. The highest BCUT2D eigenvalue weighted by Crippen LogP contribution is 2.28. The molecule has 1 aliphatic heterocycles. The number of thioether (sulfide) groups is 1. The summed E-state index contributed by atoms with van der Waals surface area (Å²) in [6.45, 7) is 0. The predicted octanol–water partition coefficient (Wildman–Crippen LogP) is 2.54. The molecule has 0 radical (unpaired) electrons. The highest BCUT2D eigenvalue weighted by molar-refractivity contribution is 8.00. The van der Waals surface area contributed by atoms with Gasteiger partial charge in [-0.3, -0.25) is 9.59 Å². The lowest BCUT2D eigenvalue weighted by molar-refractivity contribution is -0.136. The maximum atomic E-state index is 12.1. The van der Waals surface area contributed by atoms with Crippen LogP contribution in [0.3, 0.4) is 0 Å². The van der Waals surface area contributed by atoms with Crippen molar-refractivity contribution in [1.82, 2.24) is 0 Å². The summed E-state index contributed by atoms with van der Waals surface area (Å²) >= 11 is 1.69. The van der Waals surface area contributed by atoms with E-state index in [0.717, 1.165) is 29.8 Å². The van der Waals surface area contributed by atoms with Gasteiger partial charge in [-0.2, -0.15) is 0 Å². The fourth-order valence-corrected chi connectivity index (χ4v) is 3.26. The van der Waals surface area contributed by atoms with E-state index in [0.29, 0.717) is 6.42 Å². The smallest absolute Gasteiger partial charge is 0.303 e. The highest BCUT2D eigenvalue weighted by atomic mass is 32.2. The Bertz CT molecular complexity index is 470. The van der Waals surface area contributed by atoms with Crippen LogP contribution in [0.25, 0.3) is 0 Å². The van der Waals surface area contributed by atoms with Crippen LogP contribution in [0.1, 0.15) is 24.8 Å². The van der Waals surface area contributed by atoms with E-state index in [1.807, 2.05) is 24.3 Å². The molecule has 19 heavy (non-hydrogen) atoms. The summed E-state index contributed by atoms with van der Waals surface area (Å²) in [7, 11) is 0. The average molecular weight is 279 g/mol. The van der Waals surface area contributed by atoms with Crippen molar-refractivity contribution >= 4 is 29.3 Å². The van der Waals surface area contributed by atoms with Crippen molar-refractivity contribution in [3.63, 3.8) is 0 Å². The molecule has 1 heterocycles. The molecular weight excluding hydrogens is 262 g/mol. The van der Waals surface area contributed by atoms with E-state index in [-0.39, 0.29) is 17.6 Å². The Morgan fingerprint density at radius 1 is 1.37 bits per heavy atom. The van der Waals surface area contributed by atoms with Crippen molar-refractivity contribution in [2.75, 3.05) is 11.1 Å². The number of benzene rings is 1. The summed E-state index contributed by atoms with van der Waals surface area (Å²) in [5.74, 6) is 0.247. The van der Waals surface area contributed by atoms with Gasteiger partial charge in [0.1, 0.15) is 0 Å². The van der Waals surface area contributed by atoms with E-state index < -0.39 is 5.97 Å². The first-order chi connectivity index (χ1) is 9.16. The van der Waals surface area contributed by atoms with Gasteiger partial charge in [0, 0.05) is 12.1 Å². The van der Waals surface area contributed by atoms with Crippen LogP contribution in [0.4, 0.5) is 5.69 Å². The van der Waals surface area contributed by atoms with Gasteiger partial charge < -0.3 is 10.4 Å². The molecule has 1 saturated heterocycles. The van der Waals surface area contributed by atoms with Crippen molar-refractivity contribution in [2.24, 2.45) is 0 Å². The van der Waals surface area contributed by atoms with E-state index >= 15 is 0 Å². The van der Waals surface area contributed by atoms with Gasteiger partial charge in [-0.1, -0.05) is 18.2 Å². The molecule has 1 atom stereocenters. The zero-order chi connectivity index (χ0) is 13.7. The largest absolute Gasteiger partial charge is 0.481 e. The van der Waals surface area contributed by atoms with Crippen LogP contribution >= 0.6 is 11.8 Å². The second-order valence-electron chi connectivity index (χ2n) is 4.54. The van der Waals surface area contributed by atoms with E-state index in [9.17, 15) is 9.59 Å². The first-order valence-corrected chi connectivity index (χ1v) is 7.44. The van der Waals surface area contributed by atoms with Crippen molar-refractivity contribution in [3.05, 3.63) is 29.8 Å². The average Bonchev–Trinajstić information content (AvgIpc) is 2.91. The van der Waals surface area contributed by atoms with E-state index in [2.05, 4.69) is 5.32 Å². The summed E-state index contributed by atoms with van der Waals surface area (Å²) in [6, 6.07) is 7.40. The van der Waals surface area contributed by atoms with Gasteiger partial charge >= 0.3 is 5.97 Å². The third-order valence-electron chi connectivity index (χ3n) is 3.11. The monoisotopic (exact) mass is 279 g/mol. The molecule has 1 aromatic rings. The van der Waals surface area contributed by atoms with Gasteiger partial charge in [0.15, 0.2) is 0 Å². The number of rotatable bonds is 5. The Morgan fingerprint density at radius 3 is 2.84 bits per heavy atom. The number of hydrogen-bond donors (Lipinski definition) is 2. The predicted molar refractivity (Wildman–Crippen MR) is 76.5 cm³/mol. The van der Waals surface area contributed by atoms with Gasteiger partial charge in [-0.05, 0) is 36.6 Å². The summed E-state index contributed by atoms with van der Waals surface area (Å²) in [5.41, 5.74) is 1.61. The van der Waals surface area contributed by atoms with Gasteiger partial charge in [-0.15, -0.1) is 11.8 Å². The quantitative estimate of drug-likeness (QED) is 0.869. The van der Waals surface area contributed by atoms with Crippen LogP contribution in [-0.4, -0.2) is 28.0 Å². The number of aliphatic carboxylic acids is 1. The Balaban J connectivity index is 2.02. The highest BCUT2D eigenvalue weighted by Gasteiger charge is 2.23. The number of carboxylic acids is 1. The standard InChI is InChI=1S/C14H17NO3S/c16-13(17)8-7-10-4-1-2-5-11(10)15-14(18)12-6-3-9-19-12/h1-2,4-5,12H,3,6-9H2,(H,15,18)(H,16,17). The molecule has 5 heteroatoms. The lowest BCUT2D eigenvalue weighted by Gasteiger charge is -2.13. The number of carboxylic acid groups (broad SMARTS) is 1. The molecule has 0 bridgehead atoms. The van der Waals surface area contributed by atoms with E-state index in [1.54, 1.807) is 11.8 Å². The molecule has 102 valence electrons. The maximum Gasteiger partial charge on any atom is 0.303 e. The normalized spacial score (nSPS) is 18.2.